The maximum absolute atomic E-state index is 13.9. The van der Waals surface area contributed by atoms with Gasteiger partial charge in [0.15, 0.2) is 11.6 Å². The first-order chi connectivity index (χ1) is 10.1. The Morgan fingerprint density at radius 1 is 1.29 bits per heavy atom. The summed E-state index contributed by atoms with van der Waals surface area (Å²) >= 11 is 0. The van der Waals surface area contributed by atoms with Crippen molar-refractivity contribution < 1.29 is 8.78 Å². The van der Waals surface area contributed by atoms with E-state index in [0.29, 0.717) is 18.2 Å². The molecule has 0 amide bonds. The maximum Gasteiger partial charge on any atom is 0.163 e. The second kappa shape index (κ2) is 6.01. The Labute approximate surface area is 125 Å². The minimum absolute atomic E-state index is 0.204. The van der Waals surface area contributed by atoms with E-state index in [4.69, 9.17) is 0 Å². The van der Waals surface area contributed by atoms with Crippen LogP contribution in [-0.2, 0) is 6.54 Å². The van der Waals surface area contributed by atoms with E-state index in [-0.39, 0.29) is 5.54 Å². The van der Waals surface area contributed by atoms with Crippen molar-refractivity contribution in [2.75, 3.05) is 13.1 Å². The van der Waals surface area contributed by atoms with Crippen LogP contribution in [-0.4, -0.2) is 29.6 Å². The van der Waals surface area contributed by atoms with Crippen LogP contribution in [0, 0.1) is 11.6 Å². The number of nitrogens with zero attached hydrogens (tertiary/aromatic N) is 1. The largest absolute Gasteiger partial charge is 0.308 e. The molecule has 21 heavy (non-hydrogen) atoms. The quantitative estimate of drug-likeness (QED) is 0.918. The second-order valence-electron chi connectivity index (χ2n) is 6.55. The highest BCUT2D eigenvalue weighted by atomic mass is 19.2. The van der Waals surface area contributed by atoms with Crippen LogP contribution in [0.2, 0.25) is 0 Å². The Morgan fingerprint density at radius 2 is 2.05 bits per heavy atom. The van der Waals surface area contributed by atoms with Gasteiger partial charge in [0.25, 0.3) is 0 Å². The molecule has 0 radical (unpaired) electrons. The SMILES string of the molecule is CCC1CNC2(CCCC2)CN1Cc1cccc(F)c1F. The van der Waals surface area contributed by atoms with E-state index in [9.17, 15) is 8.78 Å². The molecule has 1 unspecified atom stereocenters. The predicted octanol–water partition coefficient (Wildman–Crippen LogP) is 3.46. The van der Waals surface area contributed by atoms with Crippen molar-refractivity contribution >= 4 is 0 Å². The lowest BCUT2D eigenvalue weighted by atomic mass is 9.91. The number of rotatable bonds is 3. The number of piperazine rings is 1. The van der Waals surface area contributed by atoms with Crippen LogP contribution >= 0.6 is 0 Å². The molecule has 1 atom stereocenters. The Hall–Kier alpha value is -1.00. The molecule has 1 N–H and O–H groups in total. The van der Waals surface area contributed by atoms with Gasteiger partial charge in [0.05, 0.1) is 0 Å². The first-order valence-electron chi connectivity index (χ1n) is 8.05. The highest BCUT2D eigenvalue weighted by Gasteiger charge is 2.40. The third kappa shape index (κ3) is 2.97. The van der Waals surface area contributed by atoms with Crippen molar-refractivity contribution in [1.29, 1.82) is 0 Å². The van der Waals surface area contributed by atoms with Crippen LogP contribution in [0.1, 0.15) is 44.6 Å². The smallest absolute Gasteiger partial charge is 0.163 e. The molecular weight excluding hydrogens is 270 g/mol. The van der Waals surface area contributed by atoms with Crippen molar-refractivity contribution in [2.45, 2.75) is 57.2 Å². The molecule has 1 aliphatic carbocycles. The third-order valence-electron chi connectivity index (χ3n) is 5.17. The highest BCUT2D eigenvalue weighted by Crippen LogP contribution is 2.34. The molecule has 4 heteroatoms. The van der Waals surface area contributed by atoms with Crippen LogP contribution in [0.25, 0.3) is 0 Å². The number of halogens is 2. The average molecular weight is 294 g/mol. The highest BCUT2D eigenvalue weighted by molar-refractivity contribution is 5.19. The van der Waals surface area contributed by atoms with Crippen molar-refractivity contribution in [1.82, 2.24) is 10.2 Å². The average Bonchev–Trinajstić information content (AvgIpc) is 2.92. The van der Waals surface area contributed by atoms with Gasteiger partial charge in [-0.05, 0) is 25.3 Å². The van der Waals surface area contributed by atoms with E-state index >= 15 is 0 Å². The number of benzene rings is 1. The molecule has 1 aromatic rings. The molecule has 1 spiro atoms. The molecule has 1 saturated heterocycles. The van der Waals surface area contributed by atoms with Gasteiger partial charge < -0.3 is 5.32 Å². The van der Waals surface area contributed by atoms with Crippen LogP contribution in [0.15, 0.2) is 18.2 Å². The second-order valence-corrected chi connectivity index (χ2v) is 6.55. The van der Waals surface area contributed by atoms with Gasteiger partial charge in [-0.1, -0.05) is 31.9 Å². The molecule has 1 aliphatic heterocycles. The Morgan fingerprint density at radius 3 is 2.76 bits per heavy atom. The standard InChI is InChI=1S/C17H24F2N2/c1-2-14-10-20-17(8-3-4-9-17)12-21(14)11-13-6-5-7-15(18)16(13)19/h5-7,14,20H,2-4,8-12H2,1H3. The van der Waals surface area contributed by atoms with Gasteiger partial charge in [-0.25, -0.2) is 8.78 Å². The zero-order valence-corrected chi connectivity index (χ0v) is 12.7. The summed E-state index contributed by atoms with van der Waals surface area (Å²) in [6.07, 6.45) is 5.97. The van der Waals surface area contributed by atoms with Crippen molar-refractivity contribution in [3.05, 3.63) is 35.4 Å². The van der Waals surface area contributed by atoms with Gasteiger partial charge in [0, 0.05) is 36.8 Å². The van der Waals surface area contributed by atoms with Gasteiger partial charge in [-0.2, -0.15) is 0 Å². The van der Waals surface area contributed by atoms with Crippen LogP contribution < -0.4 is 5.32 Å². The van der Waals surface area contributed by atoms with Gasteiger partial charge in [0.2, 0.25) is 0 Å². The Bertz CT molecular complexity index is 498. The molecule has 0 bridgehead atoms. The number of nitrogens with one attached hydrogen (secondary N) is 1. The van der Waals surface area contributed by atoms with E-state index in [0.717, 1.165) is 19.5 Å². The monoisotopic (exact) mass is 294 g/mol. The van der Waals surface area contributed by atoms with Crippen molar-refractivity contribution in [3.8, 4) is 0 Å². The summed E-state index contributed by atoms with van der Waals surface area (Å²) in [5, 5.41) is 3.73. The van der Waals surface area contributed by atoms with E-state index in [1.54, 1.807) is 12.1 Å². The summed E-state index contributed by atoms with van der Waals surface area (Å²) in [6, 6.07) is 4.89. The molecule has 3 rings (SSSR count). The molecule has 2 fully saturated rings. The Kier molecular flexibility index (Phi) is 4.27. The lowest BCUT2D eigenvalue weighted by molar-refractivity contribution is 0.0707. The van der Waals surface area contributed by atoms with Gasteiger partial charge >= 0.3 is 0 Å². The Balaban J connectivity index is 1.78. The zero-order valence-electron chi connectivity index (χ0n) is 12.7. The molecule has 2 aliphatic rings. The fourth-order valence-corrected chi connectivity index (χ4v) is 3.90. The normalized spacial score (nSPS) is 25.6. The van der Waals surface area contributed by atoms with Crippen LogP contribution in [0.4, 0.5) is 8.78 Å². The van der Waals surface area contributed by atoms with Gasteiger partial charge in [0.1, 0.15) is 0 Å². The first-order valence-corrected chi connectivity index (χ1v) is 8.05. The van der Waals surface area contributed by atoms with Gasteiger partial charge in [-0.3, -0.25) is 4.90 Å². The third-order valence-corrected chi connectivity index (χ3v) is 5.17. The van der Waals surface area contributed by atoms with E-state index < -0.39 is 11.6 Å². The molecule has 1 heterocycles. The molecule has 116 valence electrons. The molecule has 0 aromatic heterocycles. The summed E-state index contributed by atoms with van der Waals surface area (Å²) in [5.74, 6) is -1.43. The summed E-state index contributed by atoms with van der Waals surface area (Å²) < 4.78 is 27.3. The van der Waals surface area contributed by atoms with Crippen LogP contribution in [0.5, 0.6) is 0 Å². The molecular formula is C17H24F2N2. The number of hydrogen-bond acceptors (Lipinski definition) is 2. The molecule has 1 saturated carbocycles. The number of hydrogen-bond donors (Lipinski definition) is 1. The summed E-state index contributed by atoms with van der Waals surface area (Å²) in [5.41, 5.74) is 0.679. The fourth-order valence-electron chi connectivity index (χ4n) is 3.90. The maximum atomic E-state index is 13.9. The minimum atomic E-state index is -0.744. The van der Waals surface area contributed by atoms with Crippen molar-refractivity contribution in [3.63, 3.8) is 0 Å². The first kappa shape index (κ1) is 14.9. The zero-order chi connectivity index (χ0) is 14.9. The summed E-state index contributed by atoms with van der Waals surface area (Å²) in [6.45, 7) is 4.56. The van der Waals surface area contributed by atoms with E-state index in [2.05, 4.69) is 17.1 Å². The molecule has 1 aromatic carbocycles. The van der Waals surface area contributed by atoms with Gasteiger partial charge in [-0.15, -0.1) is 0 Å². The minimum Gasteiger partial charge on any atom is -0.308 e. The molecule has 2 nitrogen and oxygen atoms in total. The van der Waals surface area contributed by atoms with Crippen LogP contribution in [0.3, 0.4) is 0 Å². The lowest BCUT2D eigenvalue weighted by Crippen LogP contribution is -2.62. The topological polar surface area (TPSA) is 15.3 Å². The fraction of sp³-hybridized carbons (Fsp3) is 0.647. The summed E-state index contributed by atoms with van der Waals surface area (Å²) in [7, 11) is 0. The summed E-state index contributed by atoms with van der Waals surface area (Å²) in [4.78, 5) is 2.35. The van der Waals surface area contributed by atoms with E-state index in [1.165, 1.54) is 31.7 Å². The van der Waals surface area contributed by atoms with E-state index in [1.807, 2.05) is 0 Å². The van der Waals surface area contributed by atoms with Crippen molar-refractivity contribution in [2.24, 2.45) is 0 Å². The predicted molar refractivity (Wildman–Crippen MR) is 80.0 cm³/mol. The lowest BCUT2D eigenvalue weighted by Gasteiger charge is -2.46.